The van der Waals surface area contributed by atoms with E-state index in [1.807, 2.05) is 6.92 Å². The first kappa shape index (κ1) is 14.5. The van der Waals surface area contributed by atoms with E-state index in [0.717, 1.165) is 10.5 Å². The lowest BCUT2D eigenvalue weighted by Crippen LogP contribution is -2.46. The lowest BCUT2D eigenvalue weighted by atomic mass is 9.95. The van der Waals surface area contributed by atoms with Crippen LogP contribution >= 0.6 is 11.6 Å². The lowest BCUT2D eigenvalue weighted by molar-refractivity contribution is -0.139. The number of benzene rings is 1. The van der Waals surface area contributed by atoms with Gasteiger partial charge in [0.15, 0.2) is 5.82 Å². The summed E-state index contributed by atoms with van der Waals surface area (Å²) < 4.78 is 14.1. The zero-order valence-corrected chi connectivity index (χ0v) is 11.6. The maximum Gasteiger partial charge on any atom is 0.295 e. The van der Waals surface area contributed by atoms with Crippen molar-refractivity contribution in [3.8, 4) is 6.07 Å². The highest BCUT2D eigenvalue weighted by Crippen LogP contribution is 2.30. The number of halogens is 2. The standard InChI is InChI=1S/C14H12ClFN2O2/c1-2-8-5-10(15)12(16)11(6-8)18-4-3-9(7-17)13(19)14(18)20/h5-6,9H,2-4H2,1H3. The molecule has 1 fully saturated rings. The summed E-state index contributed by atoms with van der Waals surface area (Å²) in [7, 11) is 0. The van der Waals surface area contributed by atoms with Gasteiger partial charge in [-0.05, 0) is 30.5 Å². The zero-order chi connectivity index (χ0) is 14.9. The number of ketones is 1. The topological polar surface area (TPSA) is 61.2 Å². The summed E-state index contributed by atoms with van der Waals surface area (Å²) in [6.45, 7) is 2.01. The fraction of sp³-hybridized carbons (Fsp3) is 0.357. The van der Waals surface area contributed by atoms with E-state index < -0.39 is 23.4 Å². The summed E-state index contributed by atoms with van der Waals surface area (Å²) in [4.78, 5) is 24.8. The van der Waals surface area contributed by atoms with Crippen LogP contribution in [0.4, 0.5) is 10.1 Å². The van der Waals surface area contributed by atoms with Crippen LogP contribution in [0.2, 0.25) is 5.02 Å². The van der Waals surface area contributed by atoms with Crippen molar-refractivity contribution < 1.29 is 14.0 Å². The Morgan fingerprint density at radius 1 is 1.50 bits per heavy atom. The zero-order valence-electron chi connectivity index (χ0n) is 10.8. The van der Waals surface area contributed by atoms with E-state index in [-0.39, 0.29) is 23.7 Å². The first-order chi connectivity index (χ1) is 9.49. The Morgan fingerprint density at radius 3 is 2.80 bits per heavy atom. The minimum atomic E-state index is -0.938. The van der Waals surface area contributed by atoms with Gasteiger partial charge in [-0.2, -0.15) is 5.26 Å². The Morgan fingerprint density at radius 2 is 2.20 bits per heavy atom. The lowest BCUT2D eigenvalue weighted by Gasteiger charge is -2.28. The van der Waals surface area contributed by atoms with E-state index in [4.69, 9.17) is 16.9 Å². The summed E-state index contributed by atoms with van der Waals surface area (Å²) in [5.41, 5.74) is 0.776. The maximum atomic E-state index is 14.1. The van der Waals surface area contributed by atoms with Crippen LogP contribution in [0.5, 0.6) is 0 Å². The number of carbonyl (C=O) groups excluding carboxylic acids is 2. The van der Waals surface area contributed by atoms with Crippen molar-refractivity contribution in [2.45, 2.75) is 19.8 Å². The van der Waals surface area contributed by atoms with Gasteiger partial charge < -0.3 is 4.90 Å². The number of nitriles is 1. The van der Waals surface area contributed by atoms with Crippen LogP contribution in [-0.2, 0) is 16.0 Å². The highest BCUT2D eigenvalue weighted by molar-refractivity contribution is 6.43. The molecule has 104 valence electrons. The molecule has 2 rings (SSSR count). The third kappa shape index (κ3) is 2.39. The van der Waals surface area contributed by atoms with E-state index >= 15 is 0 Å². The van der Waals surface area contributed by atoms with Crippen molar-refractivity contribution >= 4 is 29.0 Å². The summed E-state index contributed by atoms with van der Waals surface area (Å²) in [6, 6.07) is 4.80. The van der Waals surface area contributed by atoms with Gasteiger partial charge in [-0.1, -0.05) is 18.5 Å². The molecule has 1 heterocycles. The van der Waals surface area contributed by atoms with Crippen molar-refractivity contribution in [2.24, 2.45) is 5.92 Å². The summed E-state index contributed by atoms with van der Waals surface area (Å²) >= 11 is 5.81. The Labute approximate surface area is 120 Å². The van der Waals surface area contributed by atoms with Crippen molar-refractivity contribution in [3.63, 3.8) is 0 Å². The van der Waals surface area contributed by atoms with Gasteiger partial charge in [-0.25, -0.2) is 4.39 Å². The van der Waals surface area contributed by atoms with Gasteiger partial charge in [0, 0.05) is 6.54 Å². The number of carbonyl (C=O) groups is 2. The number of anilines is 1. The predicted molar refractivity (Wildman–Crippen MR) is 71.9 cm³/mol. The molecule has 0 aliphatic carbocycles. The van der Waals surface area contributed by atoms with Gasteiger partial charge in [-0.15, -0.1) is 0 Å². The number of piperidine rings is 1. The SMILES string of the molecule is CCc1cc(Cl)c(F)c(N2CCC(C#N)C(=O)C2=O)c1. The fourth-order valence-corrected chi connectivity index (χ4v) is 2.39. The molecule has 1 aromatic rings. The Kier molecular flexibility index (Phi) is 4.05. The van der Waals surface area contributed by atoms with Gasteiger partial charge >= 0.3 is 0 Å². The molecule has 0 saturated carbocycles. The molecular weight excluding hydrogens is 283 g/mol. The second-order valence-corrected chi connectivity index (χ2v) is 4.96. The van der Waals surface area contributed by atoms with Crippen molar-refractivity contribution in [1.82, 2.24) is 0 Å². The summed E-state index contributed by atoms with van der Waals surface area (Å²) in [5.74, 6) is -3.31. The quantitative estimate of drug-likeness (QED) is 0.787. The third-order valence-corrected chi connectivity index (χ3v) is 3.61. The van der Waals surface area contributed by atoms with Gasteiger partial charge in [0.2, 0.25) is 5.78 Å². The van der Waals surface area contributed by atoms with Gasteiger partial charge in [0.05, 0.1) is 16.8 Å². The van der Waals surface area contributed by atoms with E-state index in [1.165, 1.54) is 12.1 Å². The van der Waals surface area contributed by atoms with Crippen LogP contribution in [-0.4, -0.2) is 18.2 Å². The normalized spacial score (nSPS) is 19.1. The monoisotopic (exact) mass is 294 g/mol. The number of amides is 1. The van der Waals surface area contributed by atoms with Crippen molar-refractivity contribution in [2.75, 3.05) is 11.4 Å². The molecule has 20 heavy (non-hydrogen) atoms. The van der Waals surface area contributed by atoms with Crippen molar-refractivity contribution in [1.29, 1.82) is 5.26 Å². The number of aryl methyl sites for hydroxylation is 1. The average molecular weight is 295 g/mol. The minimum absolute atomic E-state index is 0.00379. The highest BCUT2D eigenvalue weighted by atomic mass is 35.5. The molecule has 1 aliphatic heterocycles. The number of Topliss-reactive ketones (excluding diaryl/α,β-unsaturated/α-hetero) is 1. The molecule has 1 saturated heterocycles. The number of hydrogen-bond donors (Lipinski definition) is 0. The third-order valence-electron chi connectivity index (χ3n) is 3.34. The van der Waals surface area contributed by atoms with E-state index in [1.54, 1.807) is 6.07 Å². The first-order valence-electron chi connectivity index (χ1n) is 6.22. The first-order valence-corrected chi connectivity index (χ1v) is 6.60. The molecule has 1 aliphatic rings. The molecule has 6 heteroatoms. The van der Waals surface area contributed by atoms with Gasteiger partial charge in [0.1, 0.15) is 5.92 Å². The summed E-state index contributed by atoms with van der Waals surface area (Å²) in [5, 5.41) is 8.70. The minimum Gasteiger partial charge on any atom is -0.303 e. The number of nitrogens with zero attached hydrogens (tertiary/aromatic N) is 2. The van der Waals surface area contributed by atoms with E-state index in [2.05, 4.69) is 0 Å². The molecule has 4 nitrogen and oxygen atoms in total. The van der Waals surface area contributed by atoms with Crippen LogP contribution in [0.15, 0.2) is 12.1 Å². The smallest absolute Gasteiger partial charge is 0.295 e. The number of hydrogen-bond acceptors (Lipinski definition) is 3. The molecule has 0 spiro atoms. The molecular formula is C14H12ClFN2O2. The van der Waals surface area contributed by atoms with Gasteiger partial charge in [-0.3, -0.25) is 9.59 Å². The largest absolute Gasteiger partial charge is 0.303 e. The maximum absolute atomic E-state index is 14.1. The molecule has 1 aromatic carbocycles. The average Bonchev–Trinajstić information content (AvgIpc) is 2.45. The molecule has 1 unspecified atom stereocenters. The second kappa shape index (κ2) is 5.59. The molecule has 1 atom stereocenters. The Balaban J connectivity index is 2.43. The number of rotatable bonds is 2. The van der Waals surface area contributed by atoms with Crippen LogP contribution in [0.25, 0.3) is 0 Å². The van der Waals surface area contributed by atoms with Crippen LogP contribution in [0.1, 0.15) is 18.9 Å². The summed E-state index contributed by atoms with van der Waals surface area (Å²) in [6.07, 6.45) is 0.832. The Hall–Kier alpha value is -1.93. The molecule has 0 N–H and O–H groups in total. The van der Waals surface area contributed by atoms with Crippen LogP contribution in [0.3, 0.4) is 0 Å². The molecule has 0 aromatic heterocycles. The van der Waals surface area contributed by atoms with Crippen LogP contribution < -0.4 is 4.90 Å². The van der Waals surface area contributed by atoms with Crippen LogP contribution in [0, 0.1) is 23.1 Å². The molecule has 0 radical (unpaired) electrons. The predicted octanol–water partition coefficient (Wildman–Crippen LogP) is 2.49. The van der Waals surface area contributed by atoms with Gasteiger partial charge in [0.25, 0.3) is 5.91 Å². The highest BCUT2D eigenvalue weighted by Gasteiger charge is 2.36. The van der Waals surface area contributed by atoms with E-state index in [0.29, 0.717) is 6.42 Å². The Bertz CT molecular complexity index is 624. The van der Waals surface area contributed by atoms with E-state index in [9.17, 15) is 14.0 Å². The molecule has 0 bridgehead atoms. The fourth-order valence-electron chi connectivity index (χ4n) is 2.16. The second-order valence-electron chi connectivity index (χ2n) is 4.56. The van der Waals surface area contributed by atoms with Crippen molar-refractivity contribution in [3.05, 3.63) is 28.5 Å². The molecule has 1 amide bonds.